The monoisotopic (exact) mass is 363 g/mol. The van der Waals surface area contributed by atoms with Gasteiger partial charge in [-0.1, -0.05) is 30.0 Å². The first kappa shape index (κ1) is 16.1. The van der Waals surface area contributed by atoms with E-state index in [4.69, 9.17) is 4.42 Å². The van der Waals surface area contributed by atoms with Crippen molar-refractivity contribution in [3.8, 4) is 11.1 Å². The van der Waals surface area contributed by atoms with E-state index in [-0.39, 0.29) is 0 Å². The number of rotatable bonds is 5. The molecule has 0 spiro atoms. The van der Waals surface area contributed by atoms with Crippen molar-refractivity contribution in [2.24, 2.45) is 0 Å². The molecule has 1 N–H and O–H groups in total. The molecular weight excluding hydrogens is 346 g/mol. The zero-order valence-electron chi connectivity index (χ0n) is 13.7. The third-order valence-electron chi connectivity index (χ3n) is 3.82. The highest BCUT2D eigenvalue weighted by Crippen LogP contribution is 2.37. The van der Waals surface area contributed by atoms with E-state index in [9.17, 15) is 0 Å². The lowest BCUT2D eigenvalue weighted by atomic mass is 10.1. The van der Waals surface area contributed by atoms with Crippen LogP contribution in [0.4, 0.5) is 11.4 Å². The van der Waals surface area contributed by atoms with Gasteiger partial charge < -0.3 is 9.73 Å². The predicted molar refractivity (Wildman–Crippen MR) is 107 cm³/mol. The molecule has 0 bridgehead atoms. The molecule has 0 aliphatic heterocycles. The molecule has 4 rings (SSSR count). The number of anilines is 2. The van der Waals surface area contributed by atoms with E-state index >= 15 is 0 Å². The Morgan fingerprint density at radius 3 is 2.56 bits per heavy atom. The predicted octanol–water partition coefficient (Wildman–Crippen LogP) is 7.21. The van der Waals surface area contributed by atoms with Crippen molar-refractivity contribution in [1.82, 2.24) is 0 Å². The average Bonchev–Trinajstić information content (AvgIpc) is 3.29. The van der Waals surface area contributed by atoms with Crippen LogP contribution in [0.25, 0.3) is 11.1 Å². The van der Waals surface area contributed by atoms with Gasteiger partial charge in [-0.05, 0) is 65.7 Å². The number of hydrogen-bond donors (Lipinski definition) is 1. The molecule has 2 aromatic carbocycles. The molecule has 0 atom stereocenters. The van der Waals surface area contributed by atoms with Gasteiger partial charge in [-0.2, -0.15) is 11.3 Å². The second-order valence-corrected chi connectivity index (χ2v) is 7.63. The van der Waals surface area contributed by atoms with Crippen molar-refractivity contribution in [2.75, 3.05) is 5.32 Å². The van der Waals surface area contributed by atoms with Gasteiger partial charge in [0.1, 0.15) is 12.0 Å². The highest BCUT2D eigenvalue weighted by atomic mass is 32.2. The lowest BCUT2D eigenvalue weighted by Crippen LogP contribution is -1.93. The van der Waals surface area contributed by atoms with Gasteiger partial charge in [0.05, 0.1) is 4.90 Å². The topological polar surface area (TPSA) is 25.2 Å². The van der Waals surface area contributed by atoms with E-state index in [2.05, 4.69) is 58.5 Å². The van der Waals surface area contributed by atoms with Crippen LogP contribution in [-0.2, 0) is 0 Å². The summed E-state index contributed by atoms with van der Waals surface area (Å²) >= 11 is 3.43. The average molecular weight is 364 g/mol. The summed E-state index contributed by atoms with van der Waals surface area (Å²) in [6.07, 6.45) is 1.81. The number of para-hydroxylation sites is 1. The molecule has 124 valence electrons. The summed E-state index contributed by atoms with van der Waals surface area (Å²) in [6, 6.07) is 21.0. The molecule has 2 heterocycles. The third kappa shape index (κ3) is 3.81. The Morgan fingerprint density at radius 2 is 1.84 bits per heavy atom. The fourth-order valence-electron chi connectivity index (χ4n) is 2.64. The first-order valence-electron chi connectivity index (χ1n) is 7.99. The van der Waals surface area contributed by atoms with Crippen LogP contribution in [0.5, 0.6) is 0 Å². The van der Waals surface area contributed by atoms with Gasteiger partial charge in [-0.25, -0.2) is 0 Å². The first-order chi connectivity index (χ1) is 12.3. The summed E-state index contributed by atoms with van der Waals surface area (Å²) in [5.74, 6) is 0.933. The quantitative estimate of drug-likeness (QED) is 0.405. The fourth-order valence-corrected chi connectivity index (χ4v) is 4.20. The van der Waals surface area contributed by atoms with Gasteiger partial charge in [0.25, 0.3) is 0 Å². The molecule has 4 heteroatoms. The van der Waals surface area contributed by atoms with Crippen molar-refractivity contribution in [2.45, 2.75) is 16.7 Å². The summed E-state index contributed by atoms with van der Waals surface area (Å²) < 4.78 is 5.41. The molecule has 0 amide bonds. The van der Waals surface area contributed by atoms with E-state index in [1.165, 1.54) is 16.0 Å². The Balaban J connectivity index is 1.69. The molecule has 4 aromatic rings. The molecular formula is C21H17NOS2. The standard InChI is InChI=1S/C21H17NOS2/c1-15-11-19(13-23-15)25-18-7-8-21(22-17-5-3-2-4-6-17)20(12-18)16-9-10-24-14-16/h2-14,22H,1H3. The highest BCUT2D eigenvalue weighted by Gasteiger charge is 2.09. The van der Waals surface area contributed by atoms with Gasteiger partial charge in [-0.3, -0.25) is 0 Å². The minimum atomic E-state index is 0.933. The Bertz CT molecular complexity index is 959. The molecule has 0 aliphatic rings. The van der Waals surface area contributed by atoms with Crippen LogP contribution < -0.4 is 5.32 Å². The molecule has 2 nitrogen and oxygen atoms in total. The number of furan rings is 1. The van der Waals surface area contributed by atoms with Crippen molar-refractivity contribution in [3.05, 3.63) is 83.4 Å². The van der Waals surface area contributed by atoms with Gasteiger partial charge in [0.2, 0.25) is 0 Å². The Labute approximate surface area is 155 Å². The van der Waals surface area contributed by atoms with Gasteiger partial charge >= 0.3 is 0 Å². The van der Waals surface area contributed by atoms with Crippen LogP contribution in [0.2, 0.25) is 0 Å². The van der Waals surface area contributed by atoms with Crippen molar-refractivity contribution in [3.63, 3.8) is 0 Å². The maximum atomic E-state index is 5.41. The van der Waals surface area contributed by atoms with Gasteiger partial charge in [-0.15, -0.1) is 0 Å². The molecule has 0 radical (unpaired) electrons. The number of hydrogen-bond acceptors (Lipinski definition) is 4. The van der Waals surface area contributed by atoms with Gasteiger partial charge in [0, 0.05) is 21.8 Å². The summed E-state index contributed by atoms with van der Waals surface area (Å²) in [4.78, 5) is 2.32. The van der Waals surface area contributed by atoms with Crippen LogP contribution in [0, 0.1) is 6.92 Å². The molecule has 0 saturated carbocycles. The smallest absolute Gasteiger partial charge is 0.105 e. The second kappa shape index (κ2) is 7.21. The van der Waals surface area contributed by atoms with E-state index in [0.29, 0.717) is 0 Å². The normalized spacial score (nSPS) is 10.8. The third-order valence-corrected chi connectivity index (χ3v) is 5.44. The number of nitrogens with one attached hydrogen (secondary N) is 1. The number of benzene rings is 2. The molecule has 25 heavy (non-hydrogen) atoms. The van der Waals surface area contributed by atoms with Gasteiger partial charge in [0.15, 0.2) is 0 Å². The van der Waals surface area contributed by atoms with Crippen molar-refractivity contribution < 1.29 is 4.42 Å². The van der Waals surface area contributed by atoms with Crippen molar-refractivity contribution >= 4 is 34.5 Å². The summed E-state index contributed by atoms with van der Waals surface area (Å²) in [5.41, 5.74) is 4.63. The largest absolute Gasteiger partial charge is 0.468 e. The Morgan fingerprint density at radius 1 is 0.960 bits per heavy atom. The minimum absolute atomic E-state index is 0.933. The number of aryl methyl sites for hydroxylation is 1. The van der Waals surface area contributed by atoms with E-state index < -0.39 is 0 Å². The zero-order valence-corrected chi connectivity index (χ0v) is 15.4. The maximum Gasteiger partial charge on any atom is 0.105 e. The van der Waals surface area contributed by atoms with Crippen molar-refractivity contribution in [1.29, 1.82) is 0 Å². The molecule has 0 aliphatic carbocycles. The maximum absolute atomic E-state index is 5.41. The Hall–Kier alpha value is -2.43. The summed E-state index contributed by atoms with van der Waals surface area (Å²) in [7, 11) is 0. The fraction of sp³-hybridized carbons (Fsp3) is 0.0476. The zero-order chi connectivity index (χ0) is 17.1. The second-order valence-electron chi connectivity index (χ2n) is 5.71. The van der Waals surface area contributed by atoms with Crippen LogP contribution in [0.1, 0.15) is 5.76 Å². The summed E-state index contributed by atoms with van der Waals surface area (Å²) in [5, 5.41) is 7.83. The van der Waals surface area contributed by atoms with E-state index in [1.807, 2.05) is 25.1 Å². The van der Waals surface area contributed by atoms with E-state index in [0.717, 1.165) is 22.0 Å². The molecule has 2 aromatic heterocycles. The summed E-state index contributed by atoms with van der Waals surface area (Å²) in [6.45, 7) is 1.97. The molecule has 0 fully saturated rings. The SMILES string of the molecule is Cc1cc(Sc2ccc(Nc3ccccc3)c(-c3ccsc3)c2)co1. The van der Waals surface area contributed by atoms with Crippen LogP contribution in [0.15, 0.2) is 91.9 Å². The number of thiophene rings is 1. The highest BCUT2D eigenvalue weighted by molar-refractivity contribution is 7.99. The lowest BCUT2D eigenvalue weighted by molar-refractivity contribution is 0.530. The van der Waals surface area contributed by atoms with Crippen LogP contribution in [0.3, 0.4) is 0 Å². The molecule has 0 saturated heterocycles. The first-order valence-corrected chi connectivity index (χ1v) is 9.75. The van der Waals surface area contributed by atoms with Crippen LogP contribution in [-0.4, -0.2) is 0 Å². The van der Waals surface area contributed by atoms with E-state index in [1.54, 1.807) is 29.4 Å². The minimum Gasteiger partial charge on any atom is -0.468 e. The lowest BCUT2D eigenvalue weighted by Gasteiger charge is -2.13. The molecule has 0 unspecified atom stereocenters. The van der Waals surface area contributed by atoms with Crippen LogP contribution >= 0.6 is 23.1 Å². The Kier molecular flexibility index (Phi) is 4.63.